The monoisotopic (exact) mass is 524 g/mol. The molecular formula is C20H14ClIN2O5. The largest absolute Gasteiger partial charge is 0.496 e. The Kier molecular flexibility index (Phi) is 6.55. The molecule has 0 radical (unpaired) electrons. The molecule has 7 nitrogen and oxygen atoms in total. The van der Waals surface area contributed by atoms with Crippen LogP contribution in [0.2, 0.25) is 5.02 Å². The number of benzene rings is 2. The van der Waals surface area contributed by atoms with E-state index in [1.54, 1.807) is 36.4 Å². The summed E-state index contributed by atoms with van der Waals surface area (Å²) in [5.74, 6) is -0.00234. The van der Waals surface area contributed by atoms with Crippen LogP contribution in [0.3, 0.4) is 0 Å². The zero-order chi connectivity index (χ0) is 21.0. The Morgan fingerprint density at radius 1 is 1.21 bits per heavy atom. The van der Waals surface area contributed by atoms with Crippen LogP contribution in [0.4, 0.5) is 0 Å². The maximum absolute atomic E-state index is 12.2. The number of hydrazone groups is 1. The number of rotatable bonds is 6. The standard InChI is InChI=1S/C20H14ClIN2O5/c1-28-18-9-12(3-6-16(18)22)19(25)24-23-10-13-4-7-17(29-13)11-2-5-14(20(26)27)15(21)8-11/h2-10H,1H3,(H,24,25)(H,26,27)/b23-10-. The van der Waals surface area contributed by atoms with E-state index in [0.717, 1.165) is 3.57 Å². The molecule has 0 aliphatic carbocycles. The summed E-state index contributed by atoms with van der Waals surface area (Å²) in [6.07, 6.45) is 1.36. The lowest BCUT2D eigenvalue weighted by Gasteiger charge is -2.05. The summed E-state index contributed by atoms with van der Waals surface area (Å²) in [6, 6.07) is 12.9. The number of furan rings is 1. The van der Waals surface area contributed by atoms with Crippen molar-refractivity contribution in [2.24, 2.45) is 5.10 Å². The Bertz CT molecular complexity index is 1110. The highest BCUT2D eigenvalue weighted by molar-refractivity contribution is 14.1. The van der Waals surface area contributed by atoms with Gasteiger partial charge in [-0.05, 0) is 65.1 Å². The predicted octanol–water partition coefficient (Wildman–Crippen LogP) is 4.68. The van der Waals surface area contributed by atoms with Gasteiger partial charge in [-0.1, -0.05) is 17.7 Å². The molecule has 0 bridgehead atoms. The van der Waals surface area contributed by atoms with Gasteiger partial charge in [0.1, 0.15) is 17.3 Å². The molecule has 0 fully saturated rings. The lowest BCUT2D eigenvalue weighted by Crippen LogP contribution is -2.17. The number of aromatic carboxylic acids is 1. The SMILES string of the molecule is COc1cc(C(=O)N/N=C\c2ccc(-c3ccc(C(=O)O)c(Cl)c3)o2)ccc1I. The van der Waals surface area contributed by atoms with Crippen molar-refractivity contribution in [1.82, 2.24) is 5.43 Å². The van der Waals surface area contributed by atoms with Gasteiger partial charge >= 0.3 is 5.97 Å². The number of amides is 1. The van der Waals surface area contributed by atoms with Gasteiger partial charge in [-0.2, -0.15) is 5.10 Å². The maximum Gasteiger partial charge on any atom is 0.337 e. The van der Waals surface area contributed by atoms with E-state index in [4.69, 9.17) is 25.9 Å². The number of carbonyl (C=O) groups is 2. The molecule has 0 aliphatic rings. The summed E-state index contributed by atoms with van der Waals surface area (Å²) < 4.78 is 11.7. The van der Waals surface area contributed by atoms with Crippen LogP contribution < -0.4 is 10.2 Å². The van der Waals surface area contributed by atoms with E-state index >= 15 is 0 Å². The molecule has 0 spiro atoms. The fraction of sp³-hybridized carbons (Fsp3) is 0.0500. The van der Waals surface area contributed by atoms with Crippen LogP contribution in [-0.2, 0) is 0 Å². The van der Waals surface area contributed by atoms with Crippen molar-refractivity contribution >= 4 is 52.3 Å². The van der Waals surface area contributed by atoms with Crippen molar-refractivity contribution in [3.63, 3.8) is 0 Å². The second kappa shape index (κ2) is 9.10. The van der Waals surface area contributed by atoms with Crippen LogP contribution >= 0.6 is 34.2 Å². The minimum absolute atomic E-state index is 0.0127. The van der Waals surface area contributed by atoms with Gasteiger partial charge in [-0.3, -0.25) is 4.79 Å². The molecule has 9 heteroatoms. The second-order valence-electron chi connectivity index (χ2n) is 5.75. The van der Waals surface area contributed by atoms with Crippen LogP contribution in [0, 0.1) is 3.57 Å². The number of hydrogen-bond donors (Lipinski definition) is 2. The van der Waals surface area contributed by atoms with Crippen molar-refractivity contribution in [2.75, 3.05) is 7.11 Å². The minimum Gasteiger partial charge on any atom is -0.496 e. The molecule has 0 saturated carbocycles. The Morgan fingerprint density at radius 3 is 2.69 bits per heavy atom. The molecule has 2 aromatic carbocycles. The molecule has 1 aromatic heterocycles. The van der Waals surface area contributed by atoms with Crippen molar-refractivity contribution in [1.29, 1.82) is 0 Å². The van der Waals surface area contributed by atoms with Crippen LogP contribution in [-0.4, -0.2) is 30.3 Å². The smallest absolute Gasteiger partial charge is 0.337 e. The lowest BCUT2D eigenvalue weighted by molar-refractivity contribution is 0.0696. The number of hydrogen-bond acceptors (Lipinski definition) is 5. The van der Waals surface area contributed by atoms with Gasteiger partial charge in [0.2, 0.25) is 0 Å². The average molecular weight is 525 g/mol. The summed E-state index contributed by atoms with van der Waals surface area (Å²) >= 11 is 8.10. The minimum atomic E-state index is -1.10. The van der Waals surface area contributed by atoms with E-state index in [2.05, 4.69) is 33.1 Å². The van der Waals surface area contributed by atoms with Crippen LogP contribution in [0.1, 0.15) is 26.5 Å². The van der Waals surface area contributed by atoms with Gasteiger partial charge < -0.3 is 14.3 Å². The predicted molar refractivity (Wildman–Crippen MR) is 117 cm³/mol. The first-order valence-electron chi connectivity index (χ1n) is 8.19. The molecule has 0 saturated heterocycles. The Morgan fingerprint density at radius 2 is 2.00 bits per heavy atom. The number of carboxylic acid groups (broad SMARTS) is 1. The summed E-state index contributed by atoms with van der Waals surface area (Å²) in [7, 11) is 1.54. The third kappa shape index (κ3) is 4.96. The van der Waals surface area contributed by atoms with Crippen molar-refractivity contribution in [3.8, 4) is 17.1 Å². The van der Waals surface area contributed by atoms with Gasteiger partial charge in [-0.25, -0.2) is 10.2 Å². The molecule has 1 amide bonds. The Balaban J connectivity index is 1.68. The van der Waals surface area contributed by atoms with Gasteiger partial charge in [0.25, 0.3) is 5.91 Å². The molecular weight excluding hydrogens is 511 g/mol. The topological polar surface area (TPSA) is 101 Å². The zero-order valence-electron chi connectivity index (χ0n) is 15.0. The van der Waals surface area contributed by atoms with E-state index in [9.17, 15) is 9.59 Å². The molecule has 1 heterocycles. The Labute approximate surface area is 184 Å². The van der Waals surface area contributed by atoms with Crippen molar-refractivity contribution in [3.05, 3.63) is 74.0 Å². The summed E-state index contributed by atoms with van der Waals surface area (Å²) in [5, 5.41) is 13.0. The van der Waals surface area contributed by atoms with Gasteiger partial charge in [0.05, 0.1) is 27.5 Å². The summed E-state index contributed by atoms with van der Waals surface area (Å²) in [4.78, 5) is 23.2. The van der Waals surface area contributed by atoms with E-state index in [1.165, 1.54) is 25.5 Å². The first kappa shape index (κ1) is 20.9. The number of methoxy groups -OCH3 is 1. The number of ether oxygens (including phenoxy) is 1. The molecule has 2 N–H and O–H groups in total. The number of carbonyl (C=O) groups excluding carboxylic acids is 1. The summed E-state index contributed by atoms with van der Waals surface area (Å²) in [5.41, 5.74) is 3.47. The Hall–Kier alpha value is -2.85. The number of nitrogens with one attached hydrogen (secondary N) is 1. The number of halogens is 2. The maximum atomic E-state index is 12.2. The quantitative estimate of drug-likeness (QED) is 0.277. The molecule has 3 aromatic rings. The number of nitrogens with zero attached hydrogens (tertiary/aromatic N) is 1. The highest BCUT2D eigenvalue weighted by atomic mass is 127. The molecule has 29 heavy (non-hydrogen) atoms. The van der Waals surface area contributed by atoms with Crippen molar-refractivity contribution in [2.45, 2.75) is 0 Å². The van der Waals surface area contributed by atoms with Crippen molar-refractivity contribution < 1.29 is 23.8 Å². The van der Waals surface area contributed by atoms with E-state index in [-0.39, 0.29) is 10.6 Å². The highest BCUT2D eigenvalue weighted by Crippen LogP contribution is 2.27. The normalized spacial score (nSPS) is 10.9. The van der Waals surface area contributed by atoms with Gasteiger partial charge in [0, 0.05) is 11.1 Å². The summed E-state index contributed by atoms with van der Waals surface area (Å²) in [6.45, 7) is 0. The first-order valence-corrected chi connectivity index (χ1v) is 9.64. The van der Waals surface area contributed by atoms with E-state index in [0.29, 0.717) is 28.4 Å². The van der Waals surface area contributed by atoms with Gasteiger partial charge in [-0.15, -0.1) is 0 Å². The fourth-order valence-electron chi connectivity index (χ4n) is 2.44. The van der Waals surface area contributed by atoms with E-state index < -0.39 is 11.9 Å². The molecule has 0 atom stereocenters. The third-order valence-corrected chi connectivity index (χ3v) is 5.09. The van der Waals surface area contributed by atoms with Crippen LogP contribution in [0.25, 0.3) is 11.3 Å². The molecule has 0 aliphatic heterocycles. The lowest BCUT2D eigenvalue weighted by atomic mass is 10.1. The van der Waals surface area contributed by atoms with Crippen LogP contribution in [0.15, 0.2) is 58.0 Å². The number of carboxylic acids is 1. The highest BCUT2D eigenvalue weighted by Gasteiger charge is 2.12. The fourth-order valence-corrected chi connectivity index (χ4v) is 3.26. The van der Waals surface area contributed by atoms with Gasteiger partial charge in [0.15, 0.2) is 0 Å². The molecule has 0 unspecified atom stereocenters. The third-order valence-electron chi connectivity index (χ3n) is 3.88. The van der Waals surface area contributed by atoms with E-state index in [1.807, 2.05) is 0 Å². The first-order chi connectivity index (χ1) is 13.9. The average Bonchev–Trinajstić information content (AvgIpc) is 3.16. The molecule has 3 rings (SSSR count). The van der Waals surface area contributed by atoms with Crippen LogP contribution in [0.5, 0.6) is 5.75 Å². The zero-order valence-corrected chi connectivity index (χ0v) is 17.9. The molecule has 148 valence electrons. The second-order valence-corrected chi connectivity index (χ2v) is 7.32.